The van der Waals surface area contributed by atoms with E-state index in [4.69, 9.17) is 0 Å². The fraction of sp³-hybridized carbons (Fsp3) is 0.733. The highest BCUT2D eigenvalue weighted by Crippen LogP contribution is 2.36. The number of anilines is 1. The average Bonchev–Trinajstić information content (AvgIpc) is 2.62. The lowest BCUT2D eigenvalue weighted by atomic mass is 9.75. The zero-order valence-electron chi connectivity index (χ0n) is 12.7. The topological polar surface area (TPSA) is 38.1 Å². The van der Waals surface area contributed by atoms with Gasteiger partial charge in [0.2, 0.25) is 0 Å². The molecule has 2 heterocycles. The van der Waals surface area contributed by atoms with Crippen molar-refractivity contribution in [2.45, 2.75) is 40.5 Å². The molecule has 106 valence electrons. The minimum absolute atomic E-state index is 0.377. The fourth-order valence-corrected chi connectivity index (χ4v) is 3.13. The van der Waals surface area contributed by atoms with Crippen LogP contribution in [0.2, 0.25) is 0 Å². The standard InChI is InChI=1S/C15H25N3O/c1-11-13(10-19)14(17(5)16-11)18-8-6-12(7-9-18)15(2,3)4/h10,12H,6-9H2,1-5H3. The number of rotatable bonds is 2. The summed E-state index contributed by atoms with van der Waals surface area (Å²) >= 11 is 0. The Balaban J connectivity index is 2.16. The van der Waals surface area contributed by atoms with Gasteiger partial charge in [0, 0.05) is 20.1 Å². The molecular weight excluding hydrogens is 238 g/mol. The first-order chi connectivity index (χ1) is 8.84. The summed E-state index contributed by atoms with van der Waals surface area (Å²) in [5.74, 6) is 1.75. The highest BCUT2D eigenvalue weighted by molar-refractivity contribution is 5.84. The number of hydrogen-bond acceptors (Lipinski definition) is 3. The Kier molecular flexibility index (Phi) is 3.70. The van der Waals surface area contributed by atoms with E-state index in [2.05, 4.69) is 30.8 Å². The van der Waals surface area contributed by atoms with Crippen molar-refractivity contribution in [2.24, 2.45) is 18.4 Å². The predicted octanol–water partition coefficient (Wildman–Crippen LogP) is 2.80. The molecule has 0 saturated carbocycles. The van der Waals surface area contributed by atoms with Crippen LogP contribution < -0.4 is 4.90 Å². The maximum Gasteiger partial charge on any atom is 0.155 e. The molecule has 0 bridgehead atoms. The van der Waals surface area contributed by atoms with Crippen molar-refractivity contribution < 1.29 is 4.79 Å². The first-order valence-corrected chi connectivity index (χ1v) is 7.08. The average molecular weight is 263 g/mol. The van der Waals surface area contributed by atoms with Crippen molar-refractivity contribution in [3.63, 3.8) is 0 Å². The summed E-state index contributed by atoms with van der Waals surface area (Å²) in [7, 11) is 1.92. The molecule has 1 saturated heterocycles. The van der Waals surface area contributed by atoms with Crippen LogP contribution in [-0.4, -0.2) is 29.2 Å². The second-order valence-corrected chi connectivity index (χ2v) is 6.69. The molecule has 1 aromatic heterocycles. The SMILES string of the molecule is Cc1nn(C)c(N2CCC(C(C)(C)C)CC2)c1C=O. The fourth-order valence-electron chi connectivity index (χ4n) is 3.13. The van der Waals surface area contributed by atoms with E-state index in [0.717, 1.165) is 42.4 Å². The van der Waals surface area contributed by atoms with Gasteiger partial charge in [-0.3, -0.25) is 9.48 Å². The van der Waals surface area contributed by atoms with E-state index >= 15 is 0 Å². The van der Waals surface area contributed by atoms with Crippen LogP contribution in [0.15, 0.2) is 0 Å². The van der Waals surface area contributed by atoms with Crippen molar-refractivity contribution in [3.8, 4) is 0 Å². The van der Waals surface area contributed by atoms with Gasteiger partial charge in [0.1, 0.15) is 5.82 Å². The van der Waals surface area contributed by atoms with Crippen LogP contribution in [0.3, 0.4) is 0 Å². The van der Waals surface area contributed by atoms with Gasteiger partial charge < -0.3 is 4.90 Å². The molecule has 0 aliphatic carbocycles. The molecule has 0 spiro atoms. The van der Waals surface area contributed by atoms with Crippen molar-refractivity contribution in [1.82, 2.24) is 9.78 Å². The van der Waals surface area contributed by atoms with E-state index in [1.165, 1.54) is 12.8 Å². The molecule has 0 aromatic carbocycles. The van der Waals surface area contributed by atoms with Crippen LogP contribution in [0.1, 0.15) is 49.7 Å². The Morgan fingerprint density at radius 3 is 2.32 bits per heavy atom. The van der Waals surface area contributed by atoms with Crippen molar-refractivity contribution in [3.05, 3.63) is 11.3 Å². The summed E-state index contributed by atoms with van der Waals surface area (Å²) in [6.45, 7) is 10.9. The molecule has 19 heavy (non-hydrogen) atoms. The normalized spacial score (nSPS) is 17.8. The van der Waals surface area contributed by atoms with Gasteiger partial charge in [0.25, 0.3) is 0 Å². The summed E-state index contributed by atoms with van der Waals surface area (Å²) in [6, 6.07) is 0. The number of aldehydes is 1. The van der Waals surface area contributed by atoms with E-state index in [9.17, 15) is 4.79 Å². The molecule has 0 N–H and O–H groups in total. The second kappa shape index (κ2) is 4.99. The summed E-state index contributed by atoms with van der Waals surface area (Å²) in [5.41, 5.74) is 1.95. The first-order valence-electron chi connectivity index (χ1n) is 7.08. The van der Waals surface area contributed by atoms with Gasteiger partial charge in [-0.2, -0.15) is 5.10 Å². The molecule has 0 radical (unpaired) electrons. The van der Waals surface area contributed by atoms with E-state index < -0.39 is 0 Å². The second-order valence-electron chi connectivity index (χ2n) is 6.69. The number of nitrogens with zero attached hydrogens (tertiary/aromatic N) is 3. The zero-order valence-corrected chi connectivity index (χ0v) is 12.7. The monoisotopic (exact) mass is 263 g/mol. The van der Waals surface area contributed by atoms with E-state index in [0.29, 0.717) is 5.41 Å². The van der Waals surface area contributed by atoms with Crippen LogP contribution in [0.25, 0.3) is 0 Å². The maximum absolute atomic E-state index is 11.2. The number of carbonyl (C=O) groups is 1. The molecule has 0 amide bonds. The van der Waals surface area contributed by atoms with Gasteiger partial charge in [0.05, 0.1) is 11.3 Å². The molecule has 2 rings (SSSR count). The maximum atomic E-state index is 11.2. The zero-order chi connectivity index (χ0) is 14.2. The molecule has 1 aliphatic heterocycles. The summed E-state index contributed by atoms with van der Waals surface area (Å²) in [4.78, 5) is 13.6. The number of hydrogen-bond donors (Lipinski definition) is 0. The van der Waals surface area contributed by atoms with Crippen molar-refractivity contribution in [2.75, 3.05) is 18.0 Å². The Labute approximate surface area is 115 Å². The van der Waals surface area contributed by atoms with Gasteiger partial charge in [-0.05, 0) is 31.1 Å². The molecule has 4 nitrogen and oxygen atoms in total. The Bertz CT molecular complexity index is 462. The third kappa shape index (κ3) is 2.67. The highest BCUT2D eigenvalue weighted by Gasteiger charge is 2.30. The molecule has 1 aromatic rings. The van der Waals surface area contributed by atoms with Crippen LogP contribution in [-0.2, 0) is 7.05 Å². The number of carbonyl (C=O) groups excluding carboxylic acids is 1. The first kappa shape index (κ1) is 14.1. The quantitative estimate of drug-likeness (QED) is 0.770. The van der Waals surface area contributed by atoms with E-state index in [1.54, 1.807) is 0 Å². The largest absolute Gasteiger partial charge is 0.356 e. The van der Waals surface area contributed by atoms with Crippen LogP contribution in [0.5, 0.6) is 0 Å². The Hall–Kier alpha value is -1.32. The molecule has 1 aliphatic rings. The van der Waals surface area contributed by atoms with Gasteiger partial charge in [0.15, 0.2) is 6.29 Å². The third-order valence-electron chi connectivity index (χ3n) is 4.37. The van der Waals surface area contributed by atoms with Crippen LogP contribution >= 0.6 is 0 Å². The molecular formula is C15H25N3O. The van der Waals surface area contributed by atoms with Crippen LogP contribution in [0, 0.1) is 18.3 Å². The van der Waals surface area contributed by atoms with Gasteiger partial charge in [-0.1, -0.05) is 20.8 Å². The van der Waals surface area contributed by atoms with Gasteiger partial charge in [-0.25, -0.2) is 0 Å². The van der Waals surface area contributed by atoms with Crippen molar-refractivity contribution in [1.29, 1.82) is 0 Å². The van der Waals surface area contributed by atoms with E-state index in [1.807, 2.05) is 18.7 Å². The number of piperidine rings is 1. The van der Waals surface area contributed by atoms with Crippen LogP contribution in [0.4, 0.5) is 5.82 Å². The minimum atomic E-state index is 0.377. The predicted molar refractivity (Wildman–Crippen MR) is 77.7 cm³/mol. The van der Waals surface area contributed by atoms with E-state index in [-0.39, 0.29) is 0 Å². The molecule has 0 atom stereocenters. The summed E-state index contributed by atoms with van der Waals surface area (Å²) in [5, 5.41) is 4.37. The lowest BCUT2D eigenvalue weighted by molar-refractivity contribution is 0.112. The number of aryl methyl sites for hydroxylation is 2. The minimum Gasteiger partial charge on any atom is -0.356 e. The Morgan fingerprint density at radius 2 is 1.84 bits per heavy atom. The summed E-state index contributed by atoms with van der Waals surface area (Å²) < 4.78 is 1.84. The Morgan fingerprint density at radius 1 is 1.26 bits per heavy atom. The van der Waals surface area contributed by atoms with Crippen molar-refractivity contribution >= 4 is 12.1 Å². The third-order valence-corrected chi connectivity index (χ3v) is 4.37. The summed E-state index contributed by atoms with van der Waals surface area (Å²) in [6.07, 6.45) is 3.31. The molecule has 1 fully saturated rings. The van der Waals surface area contributed by atoms with Gasteiger partial charge in [-0.15, -0.1) is 0 Å². The highest BCUT2D eigenvalue weighted by atomic mass is 16.1. The smallest absolute Gasteiger partial charge is 0.155 e. The van der Waals surface area contributed by atoms with Gasteiger partial charge >= 0.3 is 0 Å². The lowest BCUT2D eigenvalue weighted by Crippen LogP contribution is -2.39. The lowest BCUT2D eigenvalue weighted by Gasteiger charge is -2.39. The molecule has 4 heteroatoms. The number of aromatic nitrogens is 2. The molecule has 0 unspecified atom stereocenters.